The second kappa shape index (κ2) is 53.6. The van der Waals surface area contributed by atoms with E-state index in [1.54, 1.807) is 154 Å². The number of ketones is 10. The van der Waals surface area contributed by atoms with Crippen LogP contribution in [0.3, 0.4) is 0 Å². The van der Waals surface area contributed by atoms with Gasteiger partial charge < -0.3 is 46.6 Å². The Morgan fingerprint density at radius 1 is 0.308 bits per heavy atom. The number of carbonyl (C=O) groups is 14. The smallest absolute Gasteiger partial charge is 0.297 e. The Kier molecular flexibility index (Phi) is 43.1. The number of anilines is 6. The fourth-order valence-corrected chi connectivity index (χ4v) is 20.5. The van der Waals surface area contributed by atoms with E-state index in [0.29, 0.717) is 98.4 Å². The SMILES string of the molecule is CC(=O)C1CCC(=O)N1C.CC(=O)C1CCCC(=O)N1C.CC(=O)C1CCCCC(=O)N1C.CCC1C(=O)N2C(C(C)=O)=CCSC12.CNc1ncc2n(c1=O)C(C(C)=O)CC2.CNc1ncc2n(c1=O)C(C(C)=O)CCC2.CNc1ncc2n(c1=O)C(C(C)=O)CCC2.CNc1ncc2n(c1=O)C(C(C)=O)CCCC2.CNc1nnc2n(c1=O)C(C(C)=O)CC2.CNc1nnc2n(c1=O)C(C(C)=O)CCCC2. The Balaban J connectivity index is 0.000000195. The van der Waals surface area contributed by atoms with Crippen LogP contribution in [0.1, 0.15) is 288 Å². The maximum atomic E-state index is 12.2. The number of thioether (sulfide) groups is 1. The number of piperidine rings is 1. The van der Waals surface area contributed by atoms with Crippen LogP contribution in [-0.4, -0.2) is 261 Å². The Morgan fingerprint density at radius 2 is 0.573 bits per heavy atom. The van der Waals surface area contributed by atoms with Gasteiger partial charge in [0, 0.05) is 156 Å². The Morgan fingerprint density at radius 3 is 0.916 bits per heavy atom. The van der Waals surface area contributed by atoms with Crippen molar-refractivity contribution in [2.24, 2.45) is 5.92 Å². The molecule has 0 spiro atoms. The van der Waals surface area contributed by atoms with Crippen LogP contribution in [0.5, 0.6) is 0 Å². The summed E-state index contributed by atoms with van der Waals surface area (Å²) in [6.45, 7) is 17.3. The van der Waals surface area contributed by atoms with Crippen molar-refractivity contribution in [1.82, 2.24) is 87.3 Å². The highest BCUT2D eigenvalue weighted by Crippen LogP contribution is 2.43. The van der Waals surface area contributed by atoms with Crippen molar-refractivity contribution >= 4 is 128 Å². The first kappa shape index (κ1) is 115. The molecule has 0 aliphatic carbocycles. The molecule has 0 bridgehead atoms. The average molecular weight is 2010 g/mol. The zero-order valence-corrected chi connectivity index (χ0v) is 86.7. The molecule has 6 N–H and O–H groups in total. The number of aromatic nitrogens is 14. The van der Waals surface area contributed by atoms with Gasteiger partial charge in [-0.2, -0.15) is 0 Å². The van der Waals surface area contributed by atoms with Gasteiger partial charge in [0.25, 0.3) is 33.4 Å². The first-order chi connectivity index (χ1) is 67.9. The lowest BCUT2D eigenvalue weighted by molar-refractivity contribution is -0.148. The molecule has 6 aromatic heterocycles. The summed E-state index contributed by atoms with van der Waals surface area (Å²) in [5.41, 5.74) is 2.74. The largest absolute Gasteiger partial charge is 0.369 e. The number of likely N-dealkylation sites (N-methyl/N-ethyl adjacent to an activating group) is 3. The third kappa shape index (κ3) is 28.2. The molecule has 6 aromatic rings. The predicted molar refractivity (Wildman–Crippen MR) is 539 cm³/mol. The lowest BCUT2D eigenvalue weighted by Crippen LogP contribution is -2.60. The van der Waals surface area contributed by atoms with E-state index in [1.807, 2.05) is 13.0 Å². The molecule has 44 nitrogen and oxygen atoms in total. The standard InChI is InChI=1S/C12H17N3O2.C11H16N4O2.2C11H15N3O2.C10H13N3O2.C10H13NO2S.C9H12N4O2.C9H15NO2.C8H13NO2.C7H11NO2/c1-8(16)10-6-4-3-5-9-7-14-11(13-2)12(17)15(9)10;1-7(16)8-5-3-4-6-9-13-14-10(12-2)11(17)15(8)9;2*1-7(15)9-5-3-4-8-6-13-10(12-2)11(16)14(8)9;1-6(14)8-4-3-7-5-12-9(11-2)10(15)13(7)8;1-3-7-9(13)11-8(6(2)12)4-5-14-10(7)11;1-5(14)6-3-4-7-11-12-8(10-2)9(15)13(6)7;1-7(11)8-5-3-4-6-9(12)10(8)2;1-6(10)7-4-3-5-8(11)9(7)2;1-5(9)6-3-4-7(10)8(6)2/h7,10H,3-6H2,1-2H3,(H,13,14);8H,3-6H2,1-2H3,(H,12,14);2*6,9H,3-5H2,1-2H3,(H,12,13);5,8H,3-4H2,1-2H3,(H,11,12);4,7,10H,3,5H2,1-2H3;6H,3-4H2,1-2H3,(H,10,12);8H,3-6H2,1-2H3;7H,3-5H2,1-2H3;6H,3-4H2,1-2H3. The number of Topliss-reactive ketones (excluding diaryl/α,β-unsaturated/α-hetero) is 10. The minimum absolute atomic E-state index is 0.00166. The van der Waals surface area contributed by atoms with Crippen LogP contribution in [0.4, 0.5) is 34.9 Å². The fourth-order valence-electron chi connectivity index (χ4n) is 19.2. The maximum Gasteiger partial charge on any atom is 0.297 e. The number of nitrogens with zero attached hydrogens (tertiary/aromatic N) is 18. The summed E-state index contributed by atoms with van der Waals surface area (Å²) in [5.74, 6) is 4.62. The van der Waals surface area contributed by atoms with Gasteiger partial charge in [0.05, 0.1) is 71.4 Å². The highest BCUT2D eigenvalue weighted by atomic mass is 32.2. The van der Waals surface area contributed by atoms with Crippen molar-refractivity contribution in [3.8, 4) is 0 Å². The molecule has 4 saturated heterocycles. The van der Waals surface area contributed by atoms with Crippen molar-refractivity contribution in [3.05, 3.63) is 133 Å². The van der Waals surface area contributed by atoms with Crippen LogP contribution in [0.15, 0.2) is 65.3 Å². The second-order valence-corrected chi connectivity index (χ2v) is 37.8. The molecule has 11 aliphatic rings. The molecule has 143 heavy (non-hydrogen) atoms. The molecular weight excluding hydrogens is 1870 g/mol. The number of hydrogen-bond donors (Lipinski definition) is 6. The summed E-state index contributed by atoms with van der Waals surface area (Å²) in [6, 6.07) is -2.48. The Hall–Kier alpha value is -13.4. The molecule has 4 fully saturated rings. The molecule has 0 radical (unpaired) electrons. The third-order valence-corrected chi connectivity index (χ3v) is 28.4. The number of carbonyl (C=O) groups excluding carboxylic acids is 14. The van der Waals surface area contributed by atoms with Gasteiger partial charge in [-0.15, -0.1) is 32.2 Å². The first-order valence-corrected chi connectivity index (χ1v) is 49.9. The number of β-lactam (4-membered cyclic amide) rings is 1. The van der Waals surface area contributed by atoms with Gasteiger partial charge in [-0.25, -0.2) is 19.9 Å². The summed E-state index contributed by atoms with van der Waals surface area (Å²) in [5, 5.41) is 32.1. The van der Waals surface area contributed by atoms with E-state index in [4.69, 9.17) is 0 Å². The van der Waals surface area contributed by atoms with E-state index in [1.165, 1.54) is 62.5 Å². The number of allylic oxidation sites excluding steroid dienone is 1. The van der Waals surface area contributed by atoms with Crippen LogP contribution in [-0.2, 0) is 106 Å². The van der Waals surface area contributed by atoms with Crippen LogP contribution in [0.2, 0.25) is 0 Å². The number of likely N-dealkylation sites (tertiary alicyclic amines) is 3. The predicted octanol–water partition coefficient (Wildman–Crippen LogP) is 6.46. The van der Waals surface area contributed by atoms with Crippen LogP contribution in [0.25, 0.3) is 0 Å². The molecule has 0 saturated carbocycles. The van der Waals surface area contributed by atoms with Crippen molar-refractivity contribution in [2.45, 2.75) is 316 Å². The van der Waals surface area contributed by atoms with Crippen molar-refractivity contribution in [1.29, 1.82) is 0 Å². The van der Waals surface area contributed by atoms with Gasteiger partial charge in [-0.1, -0.05) is 26.2 Å². The highest BCUT2D eigenvalue weighted by Gasteiger charge is 2.50. The highest BCUT2D eigenvalue weighted by molar-refractivity contribution is 8.00. The quantitative estimate of drug-likeness (QED) is 0.0533. The van der Waals surface area contributed by atoms with E-state index in [9.17, 15) is 95.9 Å². The molecule has 778 valence electrons. The molecule has 17 rings (SSSR count). The van der Waals surface area contributed by atoms with Gasteiger partial charge in [0.1, 0.15) is 11.6 Å². The zero-order chi connectivity index (χ0) is 106. The lowest BCUT2D eigenvalue weighted by atomic mass is 9.93. The molecule has 11 aliphatic heterocycles. The van der Waals surface area contributed by atoms with E-state index < -0.39 is 0 Å². The van der Waals surface area contributed by atoms with Crippen molar-refractivity contribution in [2.75, 3.05) is 101 Å². The van der Waals surface area contributed by atoms with E-state index in [2.05, 4.69) is 72.2 Å². The first-order valence-electron chi connectivity index (χ1n) is 48.8. The normalized spacial score (nSPS) is 21.6. The molecule has 11 unspecified atom stereocenters. The van der Waals surface area contributed by atoms with Gasteiger partial charge in [-0.05, 0) is 197 Å². The van der Waals surface area contributed by atoms with Gasteiger partial charge >= 0.3 is 0 Å². The minimum atomic E-state index is -0.386. The molecule has 11 atom stereocenters. The Labute approximate surface area is 834 Å². The Bertz CT molecular complexity index is 5870. The van der Waals surface area contributed by atoms with Gasteiger partial charge in [0.2, 0.25) is 35.3 Å². The zero-order valence-electron chi connectivity index (χ0n) is 85.9. The maximum absolute atomic E-state index is 12.2. The molecule has 0 aromatic carbocycles. The monoisotopic (exact) mass is 2010 g/mol. The lowest BCUT2D eigenvalue weighted by Gasteiger charge is -2.48. The number of aryl methyl sites for hydroxylation is 6. The van der Waals surface area contributed by atoms with E-state index in [0.717, 1.165) is 151 Å². The summed E-state index contributed by atoms with van der Waals surface area (Å²) >= 11 is 1.75. The number of nitrogens with one attached hydrogen (secondary N) is 6. The van der Waals surface area contributed by atoms with Crippen molar-refractivity contribution < 1.29 is 67.1 Å². The van der Waals surface area contributed by atoms with E-state index >= 15 is 0 Å². The number of hydrogen-bond acceptors (Lipinski definition) is 35. The summed E-state index contributed by atoms with van der Waals surface area (Å²) in [6.07, 6.45) is 30.9. The molecule has 17 heterocycles. The molecule has 4 amide bonds. The van der Waals surface area contributed by atoms with Gasteiger partial charge in [-0.3, -0.25) is 128 Å². The van der Waals surface area contributed by atoms with Crippen LogP contribution >= 0.6 is 11.8 Å². The summed E-state index contributed by atoms with van der Waals surface area (Å²) < 4.78 is 9.31. The minimum Gasteiger partial charge on any atom is -0.369 e. The second-order valence-electron chi connectivity index (χ2n) is 36.6. The van der Waals surface area contributed by atoms with Crippen LogP contribution in [0, 0.1) is 5.92 Å². The van der Waals surface area contributed by atoms with E-state index in [-0.39, 0.29) is 192 Å². The van der Waals surface area contributed by atoms with Crippen molar-refractivity contribution in [3.63, 3.8) is 0 Å². The van der Waals surface area contributed by atoms with Crippen LogP contribution < -0.4 is 65.3 Å². The average Bonchev–Trinajstić information content (AvgIpc) is 1.33. The molecule has 45 heteroatoms. The topological polar surface area (TPSA) is 559 Å². The number of fused-ring (bicyclic) bond motifs is 7. The third-order valence-electron chi connectivity index (χ3n) is 27.1. The number of rotatable bonds is 17. The fraction of sp³-hybridized carbons (Fsp3) is 0.612. The summed E-state index contributed by atoms with van der Waals surface area (Å²) in [7, 11) is 15.0. The molecular formula is C98H140N24O20S. The summed E-state index contributed by atoms with van der Waals surface area (Å²) in [4.78, 5) is 253. The van der Waals surface area contributed by atoms with Gasteiger partial charge in [0.15, 0.2) is 81.1 Å². The number of amides is 4.